The van der Waals surface area contributed by atoms with Crippen molar-refractivity contribution >= 4 is 39.1 Å². The molecule has 2 amide bonds. The summed E-state index contributed by atoms with van der Waals surface area (Å²) in [6.07, 6.45) is 1.63. The lowest BCUT2D eigenvalue weighted by Gasteiger charge is -2.16. The van der Waals surface area contributed by atoms with Crippen molar-refractivity contribution in [1.29, 1.82) is 0 Å². The number of benzene rings is 2. The molecule has 2 aromatic rings. The number of anilines is 1. The Morgan fingerprint density at radius 1 is 1.14 bits per heavy atom. The first-order valence-electron chi connectivity index (χ1n) is 8.89. The van der Waals surface area contributed by atoms with Gasteiger partial charge in [-0.15, -0.1) is 0 Å². The lowest BCUT2D eigenvalue weighted by atomic mass is 10.2. The van der Waals surface area contributed by atoms with Crippen LogP contribution in [0.3, 0.4) is 0 Å². The fourth-order valence-corrected chi connectivity index (χ4v) is 4.68. The van der Waals surface area contributed by atoms with Gasteiger partial charge in [0.15, 0.2) is 6.61 Å². The average molecular weight is 438 g/mol. The van der Waals surface area contributed by atoms with Crippen molar-refractivity contribution in [3.63, 3.8) is 0 Å². The van der Waals surface area contributed by atoms with Crippen LogP contribution in [0.2, 0.25) is 5.02 Å². The molecule has 1 aliphatic rings. The van der Waals surface area contributed by atoms with Crippen LogP contribution in [0.5, 0.6) is 5.75 Å². The summed E-state index contributed by atoms with van der Waals surface area (Å²) in [5.41, 5.74) is 5.47. The van der Waals surface area contributed by atoms with Crippen molar-refractivity contribution in [3.05, 3.63) is 53.1 Å². The number of ether oxygens (including phenoxy) is 1. The zero-order chi connectivity index (χ0) is 21.0. The van der Waals surface area contributed by atoms with Crippen molar-refractivity contribution in [3.8, 4) is 5.75 Å². The molecule has 10 heteroatoms. The number of amides is 2. The largest absolute Gasteiger partial charge is 0.484 e. The van der Waals surface area contributed by atoms with Gasteiger partial charge in [0.05, 0.1) is 15.5 Å². The van der Waals surface area contributed by atoms with Crippen LogP contribution in [0.15, 0.2) is 47.4 Å². The number of nitrogens with zero attached hydrogens (tertiary/aromatic N) is 1. The molecule has 0 aromatic heterocycles. The third-order valence-corrected chi connectivity index (χ3v) is 6.58. The number of carbonyl (C=O) groups excluding carboxylic acids is 2. The third-order valence-electron chi connectivity index (χ3n) is 4.36. The van der Waals surface area contributed by atoms with Gasteiger partial charge in [0.25, 0.3) is 11.8 Å². The first-order chi connectivity index (χ1) is 13.8. The van der Waals surface area contributed by atoms with Gasteiger partial charge in [0.1, 0.15) is 5.75 Å². The van der Waals surface area contributed by atoms with Gasteiger partial charge in [-0.25, -0.2) is 8.42 Å². The number of halogens is 1. The molecule has 2 aromatic carbocycles. The summed E-state index contributed by atoms with van der Waals surface area (Å²) < 4.78 is 32.1. The predicted octanol–water partition coefficient (Wildman–Crippen LogP) is 2.24. The highest BCUT2D eigenvalue weighted by Gasteiger charge is 2.28. The first-order valence-corrected chi connectivity index (χ1v) is 10.7. The van der Waals surface area contributed by atoms with Gasteiger partial charge in [-0.05, 0) is 43.2 Å². The van der Waals surface area contributed by atoms with Gasteiger partial charge in [0, 0.05) is 24.8 Å². The van der Waals surface area contributed by atoms with Gasteiger partial charge in [-0.3, -0.25) is 9.59 Å². The second-order valence-corrected chi connectivity index (χ2v) is 8.83. The average Bonchev–Trinajstić information content (AvgIpc) is 3.22. The molecule has 0 radical (unpaired) electrons. The van der Waals surface area contributed by atoms with E-state index in [-0.39, 0.29) is 22.1 Å². The highest BCUT2D eigenvalue weighted by Crippen LogP contribution is 2.26. The second kappa shape index (κ2) is 8.81. The molecule has 1 fully saturated rings. The molecule has 0 atom stereocenters. The zero-order valence-electron chi connectivity index (χ0n) is 15.4. The van der Waals surface area contributed by atoms with E-state index in [0.29, 0.717) is 24.5 Å². The molecule has 0 saturated carbocycles. The molecule has 8 nitrogen and oxygen atoms in total. The van der Waals surface area contributed by atoms with E-state index in [4.69, 9.17) is 22.1 Å². The SMILES string of the molecule is NC(=O)COc1cccc(NC(=O)c2cc(S(=O)(=O)N3CCCC3)ccc2Cl)c1. The Labute approximate surface area is 173 Å². The van der Waals surface area contributed by atoms with E-state index in [1.807, 2.05) is 0 Å². The number of sulfonamides is 1. The molecule has 1 aliphatic heterocycles. The van der Waals surface area contributed by atoms with Crippen molar-refractivity contribution in [2.24, 2.45) is 5.73 Å². The lowest BCUT2D eigenvalue weighted by Crippen LogP contribution is -2.28. The van der Waals surface area contributed by atoms with E-state index in [1.54, 1.807) is 18.2 Å². The zero-order valence-corrected chi connectivity index (χ0v) is 17.0. The summed E-state index contributed by atoms with van der Waals surface area (Å²) in [6, 6.07) is 10.4. The third kappa shape index (κ3) is 5.06. The van der Waals surface area contributed by atoms with E-state index in [9.17, 15) is 18.0 Å². The monoisotopic (exact) mass is 437 g/mol. The van der Waals surface area contributed by atoms with Gasteiger partial charge in [-0.1, -0.05) is 17.7 Å². The summed E-state index contributed by atoms with van der Waals surface area (Å²) in [7, 11) is -3.68. The molecule has 0 unspecified atom stereocenters. The molecular formula is C19H20ClN3O5S. The topological polar surface area (TPSA) is 119 Å². The molecule has 154 valence electrons. The molecule has 3 rings (SSSR count). The molecule has 3 N–H and O–H groups in total. The summed E-state index contributed by atoms with van der Waals surface area (Å²) in [4.78, 5) is 23.5. The maximum Gasteiger partial charge on any atom is 0.257 e. The minimum absolute atomic E-state index is 0.0208. The fourth-order valence-electron chi connectivity index (χ4n) is 2.93. The summed E-state index contributed by atoms with van der Waals surface area (Å²) in [5, 5.41) is 2.78. The molecule has 0 bridgehead atoms. The van der Waals surface area contributed by atoms with Crippen LogP contribution in [-0.4, -0.2) is 44.2 Å². The molecule has 0 aliphatic carbocycles. The van der Waals surface area contributed by atoms with Crippen LogP contribution in [0.1, 0.15) is 23.2 Å². The highest BCUT2D eigenvalue weighted by atomic mass is 35.5. The van der Waals surface area contributed by atoms with E-state index >= 15 is 0 Å². The molecule has 0 spiro atoms. The number of nitrogens with one attached hydrogen (secondary N) is 1. The van der Waals surface area contributed by atoms with Gasteiger partial charge in [-0.2, -0.15) is 4.31 Å². The van der Waals surface area contributed by atoms with E-state index < -0.39 is 21.8 Å². The Balaban J connectivity index is 1.81. The molecular weight excluding hydrogens is 418 g/mol. The molecule has 1 heterocycles. The second-order valence-electron chi connectivity index (χ2n) is 6.49. The van der Waals surface area contributed by atoms with Gasteiger partial charge < -0.3 is 15.8 Å². The Morgan fingerprint density at radius 2 is 1.86 bits per heavy atom. The molecule has 1 saturated heterocycles. The van der Waals surface area contributed by atoms with Crippen molar-refractivity contribution in [1.82, 2.24) is 4.31 Å². The Hall–Kier alpha value is -2.62. The maximum atomic E-state index is 12.7. The van der Waals surface area contributed by atoms with Crippen LogP contribution in [0, 0.1) is 0 Å². The Kier molecular flexibility index (Phi) is 6.41. The quantitative estimate of drug-likeness (QED) is 0.688. The number of rotatable bonds is 7. The summed E-state index contributed by atoms with van der Waals surface area (Å²) in [6.45, 7) is 0.634. The van der Waals surface area contributed by atoms with E-state index in [2.05, 4.69) is 5.32 Å². The van der Waals surface area contributed by atoms with Crippen molar-refractivity contribution < 1.29 is 22.7 Å². The summed E-state index contributed by atoms with van der Waals surface area (Å²) in [5.74, 6) is -0.846. The highest BCUT2D eigenvalue weighted by molar-refractivity contribution is 7.89. The number of hydrogen-bond acceptors (Lipinski definition) is 5. The van der Waals surface area contributed by atoms with Crippen LogP contribution in [0.25, 0.3) is 0 Å². The molecule has 29 heavy (non-hydrogen) atoms. The normalized spacial score (nSPS) is 14.5. The van der Waals surface area contributed by atoms with Crippen molar-refractivity contribution in [2.45, 2.75) is 17.7 Å². The number of carbonyl (C=O) groups is 2. The van der Waals surface area contributed by atoms with Crippen LogP contribution in [-0.2, 0) is 14.8 Å². The number of nitrogens with two attached hydrogens (primary N) is 1. The van der Waals surface area contributed by atoms with E-state index in [1.165, 1.54) is 28.6 Å². The van der Waals surface area contributed by atoms with Crippen LogP contribution >= 0.6 is 11.6 Å². The lowest BCUT2D eigenvalue weighted by molar-refractivity contribution is -0.119. The maximum absolute atomic E-state index is 12.7. The van der Waals surface area contributed by atoms with Gasteiger partial charge >= 0.3 is 0 Å². The van der Waals surface area contributed by atoms with Crippen LogP contribution < -0.4 is 15.8 Å². The fraction of sp³-hybridized carbons (Fsp3) is 0.263. The van der Waals surface area contributed by atoms with E-state index in [0.717, 1.165) is 12.8 Å². The van der Waals surface area contributed by atoms with Gasteiger partial charge in [0.2, 0.25) is 10.0 Å². The number of primary amides is 1. The smallest absolute Gasteiger partial charge is 0.257 e. The van der Waals surface area contributed by atoms with Crippen molar-refractivity contribution in [2.75, 3.05) is 25.0 Å². The Bertz CT molecular complexity index is 1040. The Morgan fingerprint density at radius 3 is 2.55 bits per heavy atom. The standard InChI is InChI=1S/C19H20ClN3O5S/c20-17-7-6-15(29(26,27)23-8-1-2-9-23)11-16(17)19(25)22-13-4-3-5-14(10-13)28-12-18(21)24/h3-7,10-11H,1-2,8-9,12H2,(H2,21,24)(H,22,25). The summed E-state index contributed by atoms with van der Waals surface area (Å²) >= 11 is 6.14. The minimum atomic E-state index is -3.68. The predicted molar refractivity (Wildman–Crippen MR) is 109 cm³/mol. The van der Waals surface area contributed by atoms with Crippen LogP contribution in [0.4, 0.5) is 5.69 Å². The number of hydrogen-bond donors (Lipinski definition) is 2. The minimum Gasteiger partial charge on any atom is -0.484 e. The first kappa shape index (κ1) is 21.1.